The molecule has 0 saturated carbocycles. The third kappa shape index (κ3) is 4.32. The van der Waals surface area contributed by atoms with E-state index in [0.717, 1.165) is 12.1 Å². The van der Waals surface area contributed by atoms with Crippen molar-refractivity contribution < 1.29 is 27.7 Å². The number of H-pyrrole nitrogens is 2. The summed E-state index contributed by atoms with van der Waals surface area (Å²) in [6.07, 6.45) is -5.33. The molecule has 0 aliphatic rings. The predicted octanol–water partition coefficient (Wildman–Crippen LogP) is 0.307. The summed E-state index contributed by atoms with van der Waals surface area (Å²) in [5.74, 6) is -4.27. The minimum absolute atomic E-state index is 0.527. The van der Waals surface area contributed by atoms with Crippen LogP contribution in [0.2, 0.25) is 0 Å². The summed E-state index contributed by atoms with van der Waals surface area (Å²) in [5, 5.41) is 14.1. The average molecular weight is 402 g/mol. The molecular weight excluding hydrogens is 393 g/mol. The van der Waals surface area contributed by atoms with Gasteiger partial charge < -0.3 is 16.4 Å². The number of nitro benzene ring substituents is 1. The van der Waals surface area contributed by atoms with Crippen molar-refractivity contribution in [2.75, 3.05) is 16.4 Å². The first kappa shape index (κ1) is 20.1. The average Bonchev–Trinajstić information content (AvgIpc) is 2.56. The molecule has 1 aromatic heterocycles. The maximum Gasteiger partial charge on any atom is 0.471 e. The predicted molar refractivity (Wildman–Crippen MR) is 87.8 cm³/mol. The van der Waals surface area contributed by atoms with Crippen molar-refractivity contribution in [1.82, 2.24) is 9.97 Å². The summed E-state index contributed by atoms with van der Waals surface area (Å²) in [4.78, 5) is 59.8. The SMILES string of the molecule is Nc1[nH]c(=O)[nH]c(=O)c1NC(=O)c1ccc([N+](=O)[O-])cc1NC(=O)C(F)(F)F. The number of hydrogen-bond acceptors (Lipinski definition) is 7. The van der Waals surface area contributed by atoms with Gasteiger partial charge in [0.1, 0.15) is 11.5 Å². The Morgan fingerprint density at radius 3 is 2.32 bits per heavy atom. The standard InChI is InChI=1S/C13H9F3N6O6/c14-13(15,16)11(25)18-6-3-4(22(27)28)1-2-5(6)9(23)19-7-8(17)20-12(26)21-10(7)24/h1-3H,(H,18,25)(H,19,23)(H4,17,20,21,24,26). The van der Waals surface area contributed by atoms with Gasteiger partial charge in [-0.25, -0.2) is 4.79 Å². The Balaban J connectivity index is 2.47. The maximum absolute atomic E-state index is 12.5. The summed E-state index contributed by atoms with van der Waals surface area (Å²) in [7, 11) is 0. The quantitative estimate of drug-likeness (QED) is 0.358. The van der Waals surface area contributed by atoms with Gasteiger partial charge in [-0.05, 0) is 6.07 Å². The van der Waals surface area contributed by atoms with Crippen LogP contribution in [-0.4, -0.2) is 32.9 Å². The second-order valence-corrected chi connectivity index (χ2v) is 5.09. The molecule has 6 N–H and O–H groups in total. The molecule has 15 heteroatoms. The molecule has 0 spiro atoms. The number of nitrogens with one attached hydrogen (secondary N) is 4. The number of nitrogens with zero attached hydrogens (tertiary/aromatic N) is 1. The summed E-state index contributed by atoms with van der Waals surface area (Å²) < 4.78 is 37.4. The van der Waals surface area contributed by atoms with Crippen LogP contribution in [0.1, 0.15) is 10.4 Å². The third-order valence-corrected chi connectivity index (χ3v) is 3.17. The van der Waals surface area contributed by atoms with Gasteiger partial charge in [-0.15, -0.1) is 0 Å². The van der Waals surface area contributed by atoms with Crippen LogP contribution in [0.5, 0.6) is 0 Å². The molecule has 0 atom stereocenters. The smallest absolute Gasteiger partial charge is 0.383 e. The molecule has 1 aromatic carbocycles. The van der Waals surface area contributed by atoms with Crippen LogP contribution in [-0.2, 0) is 4.79 Å². The number of rotatable bonds is 4. The number of carbonyl (C=O) groups is 2. The van der Waals surface area contributed by atoms with Crippen LogP contribution in [0.4, 0.5) is 36.1 Å². The van der Waals surface area contributed by atoms with Gasteiger partial charge in [-0.3, -0.25) is 34.5 Å². The van der Waals surface area contributed by atoms with Crippen LogP contribution in [0.15, 0.2) is 27.8 Å². The van der Waals surface area contributed by atoms with Crippen LogP contribution in [0.3, 0.4) is 0 Å². The molecule has 0 bridgehead atoms. The van der Waals surface area contributed by atoms with E-state index in [1.54, 1.807) is 4.98 Å². The van der Waals surface area contributed by atoms with E-state index in [9.17, 15) is 42.5 Å². The van der Waals surface area contributed by atoms with Crippen molar-refractivity contribution >= 4 is 34.7 Å². The number of hydrogen-bond donors (Lipinski definition) is 5. The van der Waals surface area contributed by atoms with Crippen LogP contribution in [0.25, 0.3) is 0 Å². The van der Waals surface area contributed by atoms with E-state index in [2.05, 4.69) is 0 Å². The van der Waals surface area contributed by atoms with Crippen molar-refractivity contribution in [2.45, 2.75) is 6.18 Å². The largest absolute Gasteiger partial charge is 0.471 e. The molecular formula is C13H9F3N6O6. The van der Waals surface area contributed by atoms with Gasteiger partial charge in [0.25, 0.3) is 17.2 Å². The lowest BCUT2D eigenvalue weighted by atomic mass is 10.1. The topological polar surface area (TPSA) is 193 Å². The molecule has 0 aliphatic heterocycles. The highest BCUT2D eigenvalue weighted by atomic mass is 19.4. The van der Waals surface area contributed by atoms with Crippen molar-refractivity contribution in [2.24, 2.45) is 0 Å². The van der Waals surface area contributed by atoms with Gasteiger partial charge in [0.2, 0.25) is 0 Å². The fraction of sp³-hybridized carbons (Fsp3) is 0.0769. The monoisotopic (exact) mass is 402 g/mol. The number of anilines is 3. The Labute approximate surface area is 150 Å². The lowest BCUT2D eigenvalue weighted by molar-refractivity contribution is -0.384. The van der Waals surface area contributed by atoms with E-state index >= 15 is 0 Å². The first-order valence-corrected chi connectivity index (χ1v) is 7.00. The summed E-state index contributed by atoms with van der Waals surface area (Å²) in [6.45, 7) is 0. The molecule has 0 fully saturated rings. The zero-order valence-electron chi connectivity index (χ0n) is 13.3. The van der Waals surface area contributed by atoms with Crippen LogP contribution < -0.4 is 27.6 Å². The molecule has 28 heavy (non-hydrogen) atoms. The summed E-state index contributed by atoms with van der Waals surface area (Å²) in [6, 6.07) is 2.08. The number of amides is 2. The third-order valence-electron chi connectivity index (χ3n) is 3.17. The van der Waals surface area contributed by atoms with Crippen molar-refractivity contribution in [3.63, 3.8) is 0 Å². The molecule has 2 rings (SSSR count). The number of aromatic nitrogens is 2. The van der Waals surface area contributed by atoms with Crippen molar-refractivity contribution in [3.8, 4) is 0 Å². The number of carbonyl (C=O) groups excluding carboxylic acids is 2. The molecule has 0 aliphatic carbocycles. The lowest BCUT2D eigenvalue weighted by Crippen LogP contribution is -2.32. The van der Waals surface area contributed by atoms with Gasteiger partial charge in [-0.1, -0.05) is 0 Å². The fourth-order valence-electron chi connectivity index (χ4n) is 1.95. The lowest BCUT2D eigenvalue weighted by Gasteiger charge is -2.13. The highest BCUT2D eigenvalue weighted by Crippen LogP contribution is 2.26. The van der Waals surface area contributed by atoms with E-state index in [1.165, 1.54) is 5.32 Å². The number of benzene rings is 1. The Kier molecular flexibility index (Phi) is 5.19. The first-order chi connectivity index (χ1) is 12.9. The van der Waals surface area contributed by atoms with Crippen LogP contribution >= 0.6 is 0 Å². The van der Waals surface area contributed by atoms with Crippen molar-refractivity contribution in [3.05, 3.63) is 54.7 Å². The fourth-order valence-corrected chi connectivity index (χ4v) is 1.95. The zero-order chi connectivity index (χ0) is 21.2. The number of non-ortho nitro benzene ring substituents is 1. The van der Waals surface area contributed by atoms with Crippen LogP contribution in [0, 0.1) is 10.1 Å². The summed E-state index contributed by atoms with van der Waals surface area (Å²) >= 11 is 0. The number of nitrogens with two attached hydrogens (primary N) is 1. The highest BCUT2D eigenvalue weighted by Gasteiger charge is 2.39. The molecule has 12 nitrogen and oxygen atoms in total. The second-order valence-electron chi connectivity index (χ2n) is 5.09. The highest BCUT2D eigenvalue weighted by molar-refractivity contribution is 6.11. The maximum atomic E-state index is 12.5. The van der Waals surface area contributed by atoms with E-state index in [0.29, 0.717) is 6.07 Å². The van der Waals surface area contributed by atoms with Crippen molar-refractivity contribution in [1.29, 1.82) is 0 Å². The summed E-state index contributed by atoms with van der Waals surface area (Å²) in [5.41, 5.74) is 0.473. The Bertz CT molecular complexity index is 1090. The molecule has 2 amide bonds. The van der Waals surface area contributed by atoms with Gasteiger partial charge in [0.05, 0.1) is 16.2 Å². The van der Waals surface area contributed by atoms with E-state index < -0.39 is 62.6 Å². The molecule has 0 unspecified atom stereocenters. The number of nitro groups is 1. The molecule has 1 heterocycles. The number of aromatic amines is 2. The number of alkyl halides is 3. The van der Waals surface area contributed by atoms with Gasteiger partial charge in [-0.2, -0.15) is 13.2 Å². The van der Waals surface area contributed by atoms with Gasteiger partial charge in [0, 0.05) is 12.1 Å². The van der Waals surface area contributed by atoms with Gasteiger partial charge >= 0.3 is 17.8 Å². The van der Waals surface area contributed by atoms with E-state index in [4.69, 9.17) is 5.73 Å². The van der Waals surface area contributed by atoms with E-state index in [-0.39, 0.29) is 0 Å². The molecule has 0 saturated heterocycles. The Hall–Kier alpha value is -4.17. The second kappa shape index (κ2) is 7.22. The first-order valence-electron chi connectivity index (χ1n) is 7.00. The van der Waals surface area contributed by atoms with Gasteiger partial charge in [0.15, 0.2) is 0 Å². The zero-order valence-corrected chi connectivity index (χ0v) is 13.3. The Morgan fingerprint density at radius 2 is 1.79 bits per heavy atom. The molecule has 2 aromatic rings. The Morgan fingerprint density at radius 1 is 1.14 bits per heavy atom. The van der Waals surface area contributed by atoms with E-state index in [1.807, 2.05) is 10.3 Å². The molecule has 0 radical (unpaired) electrons. The number of nitrogen functional groups attached to an aromatic ring is 1. The normalized spacial score (nSPS) is 11.0. The number of halogens is 3. The minimum atomic E-state index is -5.33. The minimum Gasteiger partial charge on any atom is -0.383 e. The molecule has 148 valence electrons.